The van der Waals surface area contributed by atoms with Crippen molar-refractivity contribution in [3.8, 4) is 0 Å². The monoisotopic (exact) mass is 1630 g/mol. The molecule has 18 unspecified atom stereocenters. The van der Waals surface area contributed by atoms with Gasteiger partial charge < -0.3 is 88.7 Å². The second kappa shape index (κ2) is 66.3. The summed E-state index contributed by atoms with van der Waals surface area (Å²) in [7, 11) is -5.81. The smallest absolute Gasteiger partial charge is 0.463 e. The summed E-state index contributed by atoms with van der Waals surface area (Å²) >= 11 is 0. The zero-order valence-corrected chi connectivity index (χ0v) is 70.6. The van der Waals surface area contributed by atoms with Crippen LogP contribution in [0.4, 0.5) is 0 Å². The molecule has 0 bridgehead atoms. The van der Waals surface area contributed by atoms with Crippen molar-refractivity contribution in [2.45, 2.75) is 453 Å². The lowest BCUT2D eigenvalue weighted by Gasteiger charge is -2.50. The molecule has 10 N–H and O–H groups in total. The SMILES string of the molecule is CCCCCC/C=C\CCCCCCCCCC(=O)OC(COC(=O)CCCCC/C=C\CCCCCCCC)COP(=O)(O)OC1C(OC2OC(CO)C(O)C(O)C2O)C(O)C(O)C(OC(=O)CCCCC/C=C\CCCCCCCC)C1OC1OC(COC(=O)CCCCC/C=C\CCCCCCCC)C(O)C(O)C1O. The predicted molar refractivity (Wildman–Crippen MR) is 435 cm³/mol. The Hall–Kier alpha value is -3.57. The summed E-state index contributed by atoms with van der Waals surface area (Å²) in [6.07, 6.45) is 27.2. The summed E-state index contributed by atoms with van der Waals surface area (Å²) in [4.78, 5) is 66.2. The molecule has 0 radical (unpaired) electrons. The predicted octanol–water partition coefficient (Wildman–Crippen LogP) is 15.3. The average molecular weight is 1630 g/mol. The molecule has 2 heterocycles. The van der Waals surface area contributed by atoms with Crippen molar-refractivity contribution in [2.75, 3.05) is 26.4 Å². The molecule has 0 aromatic rings. The van der Waals surface area contributed by atoms with Gasteiger partial charge in [-0.05, 0) is 128 Å². The molecule has 26 heteroatoms. The van der Waals surface area contributed by atoms with Gasteiger partial charge in [-0.3, -0.25) is 28.2 Å². The molecule has 3 fully saturated rings. The van der Waals surface area contributed by atoms with E-state index in [9.17, 15) is 74.6 Å². The van der Waals surface area contributed by atoms with Crippen LogP contribution in [-0.2, 0) is 70.7 Å². The van der Waals surface area contributed by atoms with E-state index in [0.29, 0.717) is 44.9 Å². The number of rotatable bonds is 70. The highest BCUT2D eigenvalue weighted by Crippen LogP contribution is 2.49. The van der Waals surface area contributed by atoms with Gasteiger partial charge in [-0.2, -0.15) is 0 Å². The first kappa shape index (κ1) is 104. The van der Waals surface area contributed by atoms with Gasteiger partial charge in [-0.1, -0.05) is 243 Å². The highest BCUT2D eigenvalue weighted by Gasteiger charge is 2.60. The van der Waals surface area contributed by atoms with Gasteiger partial charge in [0, 0.05) is 25.7 Å². The van der Waals surface area contributed by atoms with Gasteiger partial charge in [0.25, 0.3) is 0 Å². The first-order chi connectivity index (χ1) is 54.7. The Morgan fingerprint density at radius 1 is 0.345 bits per heavy atom. The number of hydrogen-bond donors (Lipinski definition) is 10. The Balaban J connectivity index is 1.95. The number of esters is 4. The Bertz CT molecular complexity index is 2560. The van der Waals surface area contributed by atoms with Gasteiger partial charge in [0.2, 0.25) is 0 Å². The van der Waals surface area contributed by atoms with Crippen molar-refractivity contribution in [2.24, 2.45) is 0 Å². The number of allylic oxidation sites excluding steroid dienone is 8. The van der Waals surface area contributed by atoms with Crippen LogP contribution in [0, 0.1) is 0 Å². The second-order valence-electron chi connectivity index (χ2n) is 31.4. The van der Waals surface area contributed by atoms with Crippen molar-refractivity contribution in [1.82, 2.24) is 0 Å². The summed E-state index contributed by atoms with van der Waals surface area (Å²) in [5, 5.41) is 102. The van der Waals surface area contributed by atoms with E-state index in [0.717, 1.165) is 128 Å². The minimum atomic E-state index is -5.81. The van der Waals surface area contributed by atoms with E-state index in [1.807, 2.05) is 0 Å². The molecule has 2 aliphatic heterocycles. The third-order valence-electron chi connectivity index (χ3n) is 21.2. The van der Waals surface area contributed by atoms with Crippen LogP contribution in [0.15, 0.2) is 48.6 Å². The molecule has 0 aromatic heterocycles. The molecule has 2 saturated heterocycles. The number of phosphoric ester groups is 1. The van der Waals surface area contributed by atoms with Gasteiger partial charge in [0.05, 0.1) is 13.2 Å². The normalized spacial score (nSPS) is 25.7. The van der Waals surface area contributed by atoms with Gasteiger partial charge in [0.15, 0.2) is 24.8 Å². The molecule has 0 spiro atoms. The topological polar surface area (TPSA) is 380 Å². The average Bonchev–Trinajstić information content (AvgIpc) is 0.754. The minimum absolute atomic E-state index is 0.00932. The summed E-state index contributed by atoms with van der Waals surface area (Å²) in [5.74, 6) is -3.04. The Morgan fingerprint density at radius 3 is 1.07 bits per heavy atom. The summed E-state index contributed by atoms with van der Waals surface area (Å²) in [6.45, 7) is 5.47. The number of aliphatic hydroxyl groups excluding tert-OH is 9. The van der Waals surface area contributed by atoms with Crippen LogP contribution in [0.25, 0.3) is 0 Å². The fraction of sp³-hybridized carbons (Fsp3) is 0.862. The number of unbranched alkanes of at least 4 members (excludes halogenated alkanes) is 38. The van der Waals surface area contributed by atoms with Crippen molar-refractivity contribution >= 4 is 31.7 Å². The lowest BCUT2D eigenvalue weighted by molar-refractivity contribution is -0.360. The maximum absolute atomic E-state index is 14.9. The minimum Gasteiger partial charge on any atom is -0.463 e. The van der Waals surface area contributed by atoms with Gasteiger partial charge >= 0.3 is 31.7 Å². The Kier molecular flexibility index (Phi) is 60.8. The van der Waals surface area contributed by atoms with Crippen molar-refractivity contribution in [3.63, 3.8) is 0 Å². The number of carbonyl (C=O) groups excluding carboxylic acids is 4. The van der Waals surface area contributed by atoms with E-state index in [2.05, 4.69) is 76.3 Å². The van der Waals surface area contributed by atoms with Gasteiger partial charge in [-0.15, -0.1) is 0 Å². The molecule has 1 saturated carbocycles. The summed E-state index contributed by atoms with van der Waals surface area (Å²) in [6, 6.07) is 0. The van der Waals surface area contributed by atoms with Gasteiger partial charge in [-0.25, -0.2) is 4.57 Å². The zero-order chi connectivity index (χ0) is 82.5. The first-order valence-corrected chi connectivity index (χ1v) is 45.9. The van der Waals surface area contributed by atoms with Gasteiger partial charge in [0.1, 0.15) is 92.6 Å². The number of ether oxygens (including phenoxy) is 8. The van der Waals surface area contributed by atoms with Crippen LogP contribution in [-0.4, -0.2) is 205 Å². The third kappa shape index (κ3) is 47.1. The Morgan fingerprint density at radius 2 is 0.664 bits per heavy atom. The van der Waals surface area contributed by atoms with E-state index in [1.54, 1.807) is 0 Å². The maximum Gasteiger partial charge on any atom is 0.472 e. The lowest BCUT2D eigenvalue weighted by atomic mass is 9.84. The summed E-state index contributed by atoms with van der Waals surface area (Å²) in [5.41, 5.74) is 0. The lowest BCUT2D eigenvalue weighted by Crippen LogP contribution is -2.70. The molecule has 0 amide bonds. The van der Waals surface area contributed by atoms with E-state index in [1.165, 1.54) is 116 Å². The summed E-state index contributed by atoms with van der Waals surface area (Å²) < 4.78 is 73.1. The molecule has 25 nitrogen and oxygen atoms in total. The zero-order valence-electron chi connectivity index (χ0n) is 69.7. The quantitative estimate of drug-likeness (QED) is 0.00889. The molecule has 658 valence electrons. The maximum atomic E-state index is 14.9. The van der Waals surface area contributed by atoms with Crippen LogP contribution >= 0.6 is 7.82 Å². The molecule has 113 heavy (non-hydrogen) atoms. The number of carbonyl (C=O) groups is 4. The third-order valence-corrected chi connectivity index (χ3v) is 22.2. The first-order valence-electron chi connectivity index (χ1n) is 44.4. The van der Waals surface area contributed by atoms with E-state index in [4.69, 9.17) is 46.9 Å². The van der Waals surface area contributed by atoms with Crippen LogP contribution < -0.4 is 0 Å². The molecule has 18 atom stereocenters. The van der Waals surface area contributed by atoms with Crippen molar-refractivity contribution in [1.29, 1.82) is 0 Å². The highest BCUT2D eigenvalue weighted by atomic mass is 31.2. The fourth-order valence-corrected chi connectivity index (χ4v) is 15.1. The molecular formula is C87H155O25P. The molecule has 3 rings (SSSR count). The van der Waals surface area contributed by atoms with Crippen LogP contribution in [0.2, 0.25) is 0 Å². The van der Waals surface area contributed by atoms with Crippen LogP contribution in [0.1, 0.15) is 349 Å². The molecule has 3 aliphatic rings. The van der Waals surface area contributed by atoms with E-state index >= 15 is 0 Å². The fourth-order valence-electron chi connectivity index (χ4n) is 14.1. The standard InChI is InChI=1S/C87H155O25P/c1-5-9-13-17-21-25-29-33-34-38-42-45-49-53-57-61-72(91)106-67(64-103-70(89)59-55-51-47-43-39-35-30-26-22-18-14-10-6-2)65-105-113(101,102)112-85-83(110-86-80(99)76(95)74(93)68(63-88)107-86)79(98)78(97)82(109-73(92)62-58-54-50-46-41-37-32-28-24-20-16-12-8-4)84(85)111-87-81(100)77(96)75(94)69(108-87)66-104-71(90)60-56-52-48-44-40-36-31-27-23-19-15-11-7-3/h25,29,35-37,39-41,67-69,74-88,93-100H,5-24,26-28,30-34,38,42-66H2,1-4H3,(H,101,102)/b29-25-,39-35-,40-36-,41-37-. The Labute approximate surface area is 678 Å². The number of phosphoric acid groups is 1. The second-order valence-corrected chi connectivity index (χ2v) is 32.8. The molecule has 1 aliphatic carbocycles. The van der Waals surface area contributed by atoms with E-state index in [-0.39, 0.29) is 32.1 Å². The highest BCUT2D eigenvalue weighted by molar-refractivity contribution is 7.47. The van der Waals surface area contributed by atoms with E-state index < -0.39 is 162 Å². The number of aliphatic hydroxyl groups is 9. The van der Waals surface area contributed by atoms with Crippen LogP contribution in [0.5, 0.6) is 0 Å². The molecule has 0 aromatic carbocycles. The largest absolute Gasteiger partial charge is 0.472 e. The number of hydrogen-bond acceptors (Lipinski definition) is 24. The van der Waals surface area contributed by atoms with Crippen molar-refractivity contribution in [3.05, 3.63) is 48.6 Å². The van der Waals surface area contributed by atoms with Crippen LogP contribution in [0.3, 0.4) is 0 Å². The molecular weight excluding hydrogens is 1480 g/mol. The van der Waals surface area contributed by atoms with Crippen molar-refractivity contribution < 1.29 is 122 Å².